The van der Waals surface area contributed by atoms with Crippen molar-refractivity contribution in [3.05, 3.63) is 33.3 Å². The molecule has 1 heterocycles. The number of nitrogens with one attached hydrogen (secondary N) is 1. The zero-order chi connectivity index (χ0) is 15.6. The Hall–Kier alpha value is -1.22. The largest absolute Gasteiger partial charge is 0.306 e. The minimum absolute atomic E-state index is 0.125. The molecule has 0 aliphatic carbocycles. The van der Waals surface area contributed by atoms with E-state index < -0.39 is 20.6 Å². The Bertz CT molecular complexity index is 642. The Kier molecular flexibility index (Phi) is 4.82. The Balaban J connectivity index is 2.25. The van der Waals surface area contributed by atoms with Gasteiger partial charge in [-0.3, -0.25) is 10.1 Å². The summed E-state index contributed by atoms with van der Waals surface area (Å²) in [5.41, 5.74) is -0.511. The summed E-state index contributed by atoms with van der Waals surface area (Å²) in [6.45, 7) is 1.58. The monoisotopic (exact) mass is 333 g/mol. The van der Waals surface area contributed by atoms with E-state index in [9.17, 15) is 18.5 Å². The first-order valence-electron chi connectivity index (χ1n) is 6.44. The van der Waals surface area contributed by atoms with Crippen LogP contribution in [-0.4, -0.2) is 44.4 Å². The predicted molar refractivity (Wildman–Crippen MR) is 78.9 cm³/mol. The molecule has 1 aromatic carbocycles. The molecule has 9 heteroatoms. The van der Waals surface area contributed by atoms with Gasteiger partial charge in [0.25, 0.3) is 5.69 Å². The molecule has 0 amide bonds. The van der Waals surface area contributed by atoms with E-state index in [1.165, 1.54) is 6.07 Å². The van der Waals surface area contributed by atoms with E-state index >= 15 is 0 Å². The van der Waals surface area contributed by atoms with Crippen LogP contribution in [0.4, 0.5) is 5.69 Å². The molecule has 7 nitrogen and oxygen atoms in total. The maximum absolute atomic E-state index is 12.3. The first-order chi connectivity index (χ1) is 9.79. The zero-order valence-corrected chi connectivity index (χ0v) is 13.0. The third-order valence-electron chi connectivity index (χ3n) is 3.45. The van der Waals surface area contributed by atoms with Crippen molar-refractivity contribution < 1.29 is 13.3 Å². The Morgan fingerprint density at radius 3 is 2.57 bits per heavy atom. The summed E-state index contributed by atoms with van der Waals surface area (Å²) in [6.07, 6.45) is 1.36. The van der Waals surface area contributed by atoms with Crippen molar-refractivity contribution in [2.75, 3.05) is 20.1 Å². The van der Waals surface area contributed by atoms with E-state index in [4.69, 9.17) is 11.6 Å². The normalized spacial score (nSPS) is 17.8. The first kappa shape index (κ1) is 16.2. The highest BCUT2D eigenvalue weighted by Crippen LogP contribution is 2.27. The van der Waals surface area contributed by atoms with Gasteiger partial charge < -0.3 is 4.90 Å². The quantitative estimate of drug-likeness (QED) is 0.667. The minimum Gasteiger partial charge on any atom is -0.306 e. The number of halogens is 1. The number of rotatable bonds is 4. The van der Waals surface area contributed by atoms with Gasteiger partial charge in [0.05, 0.1) is 4.92 Å². The van der Waals surface area contributed by atoms with Crippen molar-refractivity contribution in [1.29, 1.82) is 0 Å². The summed E-state index contributed by atoms with van der Waals surface area (Å²) in [5.74, 6) is 0. The maximum atomic E-state index is 12.3. The molecule has 0 atom stereocenters. The number of hydrogen-bond acceptors (Lipinski definition) is 5. The van der Waals surface area contributed by atoms with E-state index in [0.29, 0.717) is 12.8 Å². The molecule has 0 bridgehead atoms. The van der Waals surface area contributed by atoms with Gasteiger partial charge in [0, 0.05) is 17.1 Å². The molecule has 1 N–H and O–H groups in total. The van der Waals surface area contributed by atoms with Crippen LogP contribution in [-0.2, 0) is 10.0 Å². The second kappa shape index (κ2) is 6.27. The van der Waals surface area contributed by atoms with Crippen molar-refractivity contribution in [2.24, 2.45) is 0 Å². The van der Waals surface area contributed by atoms with E-state index in [1.807, 2.05) is 7.05 Å². The molecule has 2 rings (SSSR count). The number of likely N-dealkylation sites (tertiary alicyclic amines) is 1. The average molecular weight is 334 g/mol. The Morgan fingerprint density at radius 1 is 1.38 bits per heavy atom. The summed E-state index contributed by atoms with van der Waals surface area (Å²) in [4.78, 5) is 12.0. The van der Waals surface area contributed by atoms with E-state index in [1.54, 1.807) is 0 Å². The lowest BCUT2D eigenvalue weighted by atomic mass is 10.1. The van der Waals surface area contributed by atoms with Gasteiger partial charge in [0.15, 0.2) is 4.90 Å². The molecule has 1 aliphatic rings. The van der Waals surface area contributed by atoms with Gasteiger partial charge in [0.2, 0.25) is 10.0 Å². The zero-order valence-electron chi connectivity index (χ0n) is 11.5. The van der Waals surface area contributed by atoms with Crippen molar-refractivity contribution in [3.8, 4) is 0 Å². The minimum atomic E-state index is -3.94. The SMILES string of the molecule is CN1CCC(NS(=O)(=O)c2ccc(Cl)cc2[N+](=O)[O-])CC1. The second-order valence-corrected chi connectivity index (χ2v) is 7.19. The summed E-state index contributed by atoms with van der Waals surface area (Å²) in [6, 6.07) is 3.33. The fourth-order valence-corrected chi connectivity index (χ4v) is 3.89. The van der Waals surface area contributed by atoms with Gasteiger partial charge in [-0.15, -0.1) is 0 Å². The van der Waals surface area contributed by atoms with E-state index in [0.717, 1.165) is 25.2 Å². The number of sulfonamides is 1. The van der Waals surface area contributed by atoms with Crippen LogP contribution in [0.2, 0.25) is 5.02 Å². The first-order valence-corrected chi connectivity index (χ1v) is 8.30. The van der Waals surface area contributed by atoms with Gasteiger partial charge in [-0.25, -0.2) is 13.1 Å². The molecule has 0 unspecified atom stereocenters. The van der Waals surface area contributed by atoms with Gasteiger partial charge in [-0.1, -0.05) is 11.6 Å². The molecule has 0 spiro atoms. The number of nitro benzene ring substituents is 1. The van der Waals surface area contributed by atoms with Gasteiger partial charge >= 0.3 is 0 Å². The Labute approximate surface area is 128 Å². The van der Waals surface area contributed by atoms with Crippen LogP contribution < -0.4 is 4.72 Å². The van der Waals surface area contributed by atoms with Gasteiger partial charge in [0.1, 0.15) is 0 Å². The van der Waals surface area contributed by atoms with Gasteiger partial charge in [-0.05, 0) is 45.1 Å². The number of nitro groups is 1. The van der Waals surface area contributed by atoms with Crippen LogP contribution in [0.15, 0.2) is 23.1 Å². The van der Waals surface area contributed by atoms with Crippen LogP contribution in [0.3, 0.4) is 0 Å². The highest BCUT2D eigenvalue weighted by molar-refractivity contribution is 7.89. The summed E-state index contributed by atoms with van der Waals surface area (Å²) in [5, 5.41) is 11.1. The third kappa shape index (κ3) is 3.91. The highest BCUT2D eigenvalue weighted by Gasteiger charge is 2.29. The molecule has 0 saturated carbocycles. The average Bonchev–Trinajstić information content (AvgIpc) is 2.40. The molecule has 21 heavy (non-hydrogen) atoms. The number of benzene rings is 1. The van der Waals surface area contributed by atoms with Crippen LogP contribution >= 0.6 is 11.6 Å². The highest BCUT2D eigenvalue weighted by atomic mass is 35.5. The molecule has 1 fully saturated rings. The van der Waals surface area contributed by atoms with Crippen molar-refractivity contribution in [3.63, 3.8) is 0 Å². The third-order valence-corrected chi connectivity index (χ3v) is 5.25. The van der Waals surface area contributed by atoms with E-state index in [-0.39, 0.29) is 16.0 Å². The number of nitrogens with zero attached hydrogens (tertiary/aromatic N) is 2. The molecular formula is C12H16ClN3O4S. The number of piperidine rings is 1. The molecule has 0 aromatic heterocycles. The molecule has 1 saturated heterocycles. The topological polar surface area (TPSA) is 92.6 Å². The van der Waals surface area contributed by atoms with Gasteiger partial charge in [-0.2, -0.15) is 0 Å². The summed E-state index contributed by atoms with van der Waals surface area (Å²) >= 11 is 5.69. The van der Waals surface area contributed by atoms with Crippen LogP contribution in [0, 0.1) is 10.1 Å². The fourth-order valence-electron chi connectivity index (χ4n) is 2.27. The summed E-state index contributed by atoms with van der Waals surface area (Å²) < 4.78 is 27.2. The second-order valence-electron chi connectivity index (χ2n) is 5.07. The Morgan fingerprint density at radius 2 is 2.00 bits per heavy atom. The molecule has 0 radical (unpaired) electrons. The van der Waals surface area contributed by atoms with E-state index in [2.05, 4.69) is 9.62 Å². The molecule has 1 aliphatic heterocycles. The van der Waals surface area contributed by atoms with Crippen LogP contribution in [0.5, 0.6) is 0 Å². The number of hydrogen-bond donors (Lipinski definition) is 1. The van der Waals surface area contributed by atoms with Crippen molar-refractivity contribution >= 4 is 27.3 Å². The smallest absolute Gasteiger partial charge is 0.290 e. The lowest BCUT2D eigenvalue weighted by molar-refractivity contribution is -0.387. The molecule has 116 valence electrons. The van der Waals surface area contributed by atoms with Crippen molar-refractivity contribution in [2.45, 2.75) is 23.8 Å². The predicted octanol–water partition coefficient (Wildman–Crippen LogP) is 1.62. The van der Waals surface area contributed by atoms with Crippen LogP contribution in [0.25, 0.3) is 0 Å². The maximum Gasteiger partial charge on any atom is 0.290 e. The fraction of sp³-hybridized carbons (Fsp3) is 0.500. The standard InChI is InChI=1S/C12H16ClN3O4S/c1-15-6-4-10(5-7-15)14-21(19,20)12-3-2-9(13)8-11(12)16(17)18/h2-3,8,10,14H,4-7H2,1H3. The summed E-state index contributed by atoms with van der Waals surface area (Å²) in [7, 11) is -1.97. The van der Waals surface area contributed by atoms with Crippen molar-refractivity contribution in [1.82, 2.24) is 9.62 Å². The lowest BCUT2D eigenvalue weighted by Gasteiger charge is -2.29. The molecular weight excluding hydrogens is 318 g/mol. The molecule has 1 aromatic rings. The van der Waals surface area contributed by atoms with Crippen LogP contribution in [0.1, 0.15) is 12.8 Å². The lowest BCUT2D eigenvalue weighted by Crippen LogP contribution is -2.43.